The molecule has 3 aromatic rings. The molecule has 0 bridgehead atoms. The molecule has 3 aromatic carbocycles. The fourth-order valence-corrected chi connectivity index (χ4v) is 4.81. The minimum absolute atomic E-state index is 0.112. The van der Waals surface area contributed by atoms with Crippen molar-refractivity contribution in [2.45, 2.75) is 39.4 Å². The fraction of sp³-hybridized carbons (Fsp3) is 0.286. The Balaban J connectivity index is 1.85. The molecule has 0 saturated carbocycles. The molecule has 1 N–H and O–H groups in total. The lowest BCUT2D eigenvalue weighted by molar-refractivity contribution is -0.139. The van der Waals surface area contributed by atoms with E-state index in [1.807, 2.05) is 68.4 Å². The first-order valence-corrected chi connectivity index (χ1v) is 14.7. The number of anilines is 1. The molecule has 10 heteroatoms. The molecule has 8 nitrogen and oxygen atoms in total. The van der Waals surface area contributed by atoms with E-state index in [4.69, 9.17) is 4.74 Å². The number of rotatable bonds is 11. The Labute approximate surface area is 232 Å². The van der Waals surface area contributed by atoms with E-state index in [9.17, 15) is 18.0 Å². The number of nitrogens with zero attached hydrogens (tertiary/aromatic N) is 2. The van der Waals surface area contributed by atoms with Crippen LogP contribution < -0.4 is 14.4 Å². The lowest BCUT2D eigenvalue weighted by Gasteiger charge is -2.32. The normalized spacial score (nSPS) is 12.1. The van der Waals surface area contributed by atoms with Gasteiger partial charge in [-0.2, -0.15) is 0 Å². The maximum absolute atomic E-state index is 13.6. The van der Waals surface area contributed by atoms with Gasteiger partial charge in [-0.15, -0.1) is 0 Å². The predicted octanol–water partition coefficient (Wildman–Crippen LogP) is 4.95. The van der Waals surface area contributed by atoms with E-state index in [2.05, 4.69) is 21.2 Å². The first-order valence-electron chi connectivity index (χ1n) is 12.1. The first kappa shape index (κ1) is 29.2. The molecule has 202 valence electrons. The second-order valence-corrected chi connectivity index (χ2v) is 12.0. The molecular weight excluding hydrogens is 570 g/mol. The Kier molecular flexibility index (Phi) is 9.93. The maximum Gasteiger partial charge on any atom is 0.244 e. The zero-order valence-corrected chi connectivity index (χ0v) is 24.2. The molecule has 0 aliphatic heterocycles. The van der Waals surface area contributed by atoms with Crippen LogP contribution in [0.5, 0.6) is 11.5 Å². The highest BCUT2D eigenvalue weighted by Gasteiger charge is 2.30. The topological polar surface area (TPSA) is 96.0 Å². The van der Waals surface area contributed by atoms with Crippen molar-refractivity contribution in [3.63, 3.8) is 0 Å². The molecule has 1 unspecified atom stereocenters. The third-order valence-electron chi connectivity index (χ3n) is 5.65. The fourth-order valence-electron chi connectivity index (χ4n) is 3.69. The van der Waals surface area contributed by atoms with Gasteiger partial charge in [0.15, 0.2) is 0 Å². The summed E-state index contributed by atoms with van der Waals surface area (Å²) in [7, 11) is -3.82. The SMILES string of the molecule is CC(C)NC(=O)C(C)N(Cc1ccc(Br)cc1)C(=O)CN(c1ccc(Oc2ccccc2)cc1)S(C)(=O)=O. The summed E-state index contributed by atoms with van der Waals surface area (Å²) in [5.74, 6) is 0.344. The van der Waals surface area contributed by atoms with Crippen LogP contribution in [0.2, 0.25) is 0 Å². The number of sulfonamides is 1. The number of halogens is 1. The van der Waals surface area contributed by atoms with Gasteiger partial charge in [-0.05, 0) is 74.9 Å². The molecule has 0 radical (unpaired) electrons. The highest BCUT2D eigenvalue weighted by atomic mass is 79.9. The van der Waals surface area contributed by atoms with Gasteiger partial charge in [0.2, 0.25) is 21.8 Å². The van der Waals surface area contributed by atoms with Gasteiger partial charge in [0.25, 0.3) is 0 Å². The lowest BCUT2D eigenvalue weighted by atomic mass is 10.1. The second-order valence-electron chi connectivity index (χ2n) is 9.17. The molecule has 38 heavy (non-hydrogen) atoms. The van der Waals surface area contributed by atoms with Crippen LogP contribution in [0.25, 0.3) is 0 Å². The van der Waals surface area contributed by atoms with Crippen LogP contribution in [-0.4, -0.2) is 50.0 Å². The molecule has 0 aliphatic rings. The molecule has 0 fully saturated rings. The Morgan fingerprint density at radius 1 is 0.895 bits per heavy atom. The molecule has 0 aromatic heterocycles. The van der Waals surface area contributed by atoms with Crippen molar-refractivity contribution in [2.75, 3.05) is 17.1 Å². The molecule has 3 rings (SSSR count). The standard InChI is InChI=1S/C28H32BrN3O5S/c1-20(2)30-28(34)21(3)31(18-22-10-12-23(29)13-11-22)27(33)19-32(38(4,35)36)24-14-16-26(17-15-24)37-25-8-6-5-7-9-25/h5-17,20-21H,18-19H2,1-4H3,(H,30,34). The number of nitrogens with one attached hydrogen (secondary N) is 1. The predicted molar refractivity (Wildman–Crippen MR) is 153 cm³/mol. The summed E-state index contributed by atoms with van der Waals surface area (Å²) in [6.45, 7) is 4.98. The van der Waals surface area contributed by atoms with Gasteiger partial charge < -0.3 is 15.0 Å². The Morgan fingerprint density at radius 3 is 2.03 bits per heavy atom. The summed E-state index contributed by atoms with van der Waals surface area (Å²) in [6, 6.07) is 22.1. The number of carbonyl (C=O) groups excluding carboxylic acids is 2. The number of ether oxygens (including phenoxy) is 1. The summed E-state index contributed by atoms with van der Waals surface area (Å²) in [6.07, 6.45) is 1.04. The lowest BCUT2D eigenvalue weighted by Crippen LogP contribution is -2.52. The highest BCUT2D eigenvalue weighted by molar-refractivity contribution is 9.10. The van der Waals surface area contributed by atoms with Crippen molar-refractivity contribution in [1.82, 2.24) is 10.2 Å². The molecule has 0 aliphatic carbocycles. The molecule has 0 saturated heterocycles. The number of carbonyl (C=O) groups is 2. The van der Waals surface area contributed by atoms with Gasteiger partial charge in [0.1, 0.15) is 24.1 Å². The van der Waals surface area contributed by atoms with Crippen LogP contribution in [0.15, 0.2) is 83.3 Å². The monoisotopic (exact) mass is 601 g/mol. The van der Waals surface area contributed by atoms with E-state index in [1.165, 1.54) is 4.90 Å². The van der Waals surface area contributed by atoms with E-state index < -0.39 is 28.5 Å². The molecule has 0 heterocycles. The van der Waals surface area contributed by atoms with Crippen LogP contribution in [0, 0.1) is 0 Å². The highest BCUT2D eigenvalue weighted by Crippen LogP contribution is 2.26. The quantitative estimate of drug-likeness (QED) is 0.335. The zero-order valence-electron chi connectivity index (χ0n) is 21.8. The van der Waals surface area contributed by atoms with Crippen LogP contribution in [0.3, 0.4) is 0 Å². The largest absolute Gasteiger partial charge is 0.457 e. The smallest absolute Gasteiger partial charge is 0.244 e. The third-order valence-corrected chi connectivity index (χ3v) is 7.32. The Bertz CT molecular complexity index is 1330. The summed E-state index contributed by atoms with van der Waals surface area (Å²) >= 11 is 3.40. The Morgan fingerprint density at radius 2 is 1.47 bits per heavy atom. The van der Waals surface area contributed by atoms with Gasteiger partial charge in [-0.3, -0.25) is 13.9 Å². The van der Waals surface area contributed by atoms with Crippen LogP contribution in [0.4, 0.5) is 5.69 Å². The molecule has 1 atom stereocenters. The maximum atomic E-state index is 13.6. The van der Waals surface area contributed by atoms with E-state index in [0.29, 0.717) is 17.2 Å². The van der Waals surface area contributed by atoms with Crippen molar-refractivity contribution in [3.8, 4) is 11.5 Å². The van der Waals surface area contributed by atoms with E-state index in [1.54, 1.807) is 31.2 Å². The van der Waals surface area contributed by atoms with Crippen molar-refractivity contribution >= 4 is 43.5 Å². The minimum atomic E-state index is -3.82. The average molecular weight is 603 g/mol. The van der Waals surface area contributed by atoms with Gasteiger partial charge in [0, 0.05) is 17.1 Å². The van der Waals surface area contributed by atoms with E-state index in [0.717, 1.165) is 20.6 Å². The number of benzene rings is 3. The van der Waals surface area contributed by atoms with Crippen molar-refractivity contribution in [3.05, 3.63) is 88.9 Å². The number of hydrogen-bond acceptors (Lipinski definition) is 5. The van der Waals surface area contributed by atoms with Gasteiger partial charge in [0.05, 0.1) is 11.9 Å². The van der Waals surface area contributed by atoms with Crippen molar-refractivity contribution in [1.29, 1.82) is 0 Å². The van der Waals surface area contributed by atoms with Gasteiger partial charge in [-0.1, -0.05) is 46.3 Å². The molecular formula is C28H32BrN3O5S. The van der Waals surface area contributed by atoms with E-state index in [-0.39, 0.29) is 18.5 Å². The minimum Gasteiger partial charge on any atom is -0.457 e. The summed E-state index contributed by atoms with van der Waals surface area (Å²) in [5.41, 5.74) is 1.11. The molecule has 2 amide bonds. The van der Waals surface area contributed by atoms with Crippen LogP contribution in [0.1, 0.15) is 26.3 Å². The van der Waals surface area contributed by atoms with Crippen molar-refractivity contribution < 1.29 is 22.7 Å². The van der Waals surface area contributed by atoms with Gasteiger partial charge in [-0.25, -0.2) is 8.42 Å². The average Bonchev–Trinajstić information content (AvgIpc) is 2.86. The summed E-state index contributed by atoms with van der Waals surface area (Å²) < 4.78 is 33.2. The third kappa shape index (κ3) is 8.32. The van der Waals surface area contributed by atoms with Crippen LogP contribution in [-0.2, 0) is 26.2 Å². The zero-order chi connectivity index (χ0) is 27.9. The summed E-state index contributed by atoms with van der Waals surface area (Å²) in [4.78, 5) is 27.8. The first-order chi connectivity index (χ1) is 17.9. The number of hydrogen-bond donors (Lipinski definition) is 1. The Hall–Kier alpha value is -3.37. The summed E-state index contributed by atoms with van der Waals surface area (Å²) in [5, 5.41) is 2.83. The van der Waals surface area contributed by atoms with Crippen molar-refractivity contribution in [2.24, 2.45) is 0 Å². The van der Waals surface area contributed by atoms with Gasteiger partial charge >= 0.3 is 0 Å². The van der Waals surface area contributed by atoms with Crippen LogP contribution >= 0.6 is 15.9 Å². The molecule has 0 spiro atoms. The van der Waals surface area contributed by atoms with E-state index >= 15 is 0 Å². The number of para-hydroxylation sites is 1. The number of amides is 2. The second kappa shape index (κ2) is 12.9.